The number of ether oxygens (including phenoxy) is 1. The predicted octanol–water partition coefficient (Wildman–Crippen LogP) is 4.42. The van der Waals surface area contributed by atoms with E-state index in [2.05, 4.69) is 43.3 Å². The van der Waals surface area contributed by atoms with Gasteiger partial charge in [-0.15, -0.1) is 0 Å². The lowest BCUT2D eigenvalue weighted by Crippen LogP contribution is -2.48. The molecule has 2 unspecified atom stereocenters. The van der Waals surface area contributed by atoms with Gasteiger partial charge in [0.25, 0.3) is 0 Å². The van der Waals surface area contributed by atoms with E-state index in [0.717, 1.165) is 12.8 Å². The zero-order valence-corrected chi connectivity index (χ0v) is 15.8. The Bertz CT molecular complexity index is 773. The van der Waals surface area contributed by atoms with Gasteiger partial charge in [-0.1, -0.05) is 55.5 Å². The van der Waals surface area contributed by atoms with Gasteiger partial charge in [0, 0.05) is 25.1 Å². The van der Waals surface area contributed by atoms with Gasteiger partial charge >= 0.3 is 6.09 Å². The number of benzene rings is 2. The van der Waals surface area contributed by atoms with Crippen LogP contribution in [0.3, 0.4) is 0 Å². The number of aliphatic hydroxyl groups is 1. The van der Waals surface area contributed by atoms with Crippen molar-refractivity contribution < 1.29 is 14.6 Å². The van der Waals surface area contributed by atoms with Crippen LogP contribution >= 0.6 is 0 Å². The van der Waals surface area contributed by atoms with E-state index in [1.54, 1.807) is 0 Å². The quantitative estimate of drug-likeness (QED) is 0.873. The number of hydrogen-bond acceptors (Lipinski definition) is 3. The van der Waals surface area contributed by atoms with E-state index in [4.69, 9.17) is 4.74 Å². The summed E-state index contributed by atoms with van der Waals surface area (Å²) in [5.41, 5.74) is 4.92. The van der Waals surface area contributed by atoms with Crippen molar-refractivity contribution in [3.63, 3.8) is 0 Å². The van der Waals surface area contributed by atoms with Crippen LogP contribution < -0.4 is 0 Å². The number of rotatable bonds is 4. The monoisotopic (exact) mass is 365 g/mol. The fourth-order valence-electron chi connectivity index (χ4n) is 4.73. The first-order valence-corrected chi connectivity index (χ1v) is 9.93. The summed E-state index contributed by atoms with van der Waals surface area (Å²) in [6.07, 6.45) is 2.46. The third-order valence-electron chi connectivity index (χ3n) is 6.11. The fourth-order valence-corrected chi connectivity index (χ4v) is 4.73. The van der Waals surface area contributed by atoms with Gasteiger partial charge in [-0.3, -0.25) is 0 Å². The molecule has 1 fully saturated rings. The second-order valence-electron chi connectivity index (χ2n) is 7.70. The summed E-state index contributed by atoms with van der Waals surface area (Å²) in [7, 11) is 0. The molecule has 2 aromatic carbocycles. The summed E-state index contributed by atoms with van der Waals surface area (Å²) < 4.78 is 5.81. The zero-order valence-electron chi connectivity index (χ0n) is 15.8. The summed E-state index contributed by atoms with van der Waals surface area (Å²) in [6, 6.07) is 16.8. The van der Waals surface area contributed by atoms with Gasteiger partial charge in [-0.2, -0.15) is 0 Å². The highest BCUT2D eigenvalue weighted by molar-refractivity contribution is 5.79. The first kappa shape index (κ1) is 18.1. The number of fused-ring (bicyclic) bond motifs is 3. The summed E-state index contributed by atoms with van der Waals surface area (Å²) >= 11 is 0. The minimum absolute atomic E-state index is 0.0689. The number of carbonyl (C=O) groups excluding carboxylic acids is 1. The minimum Gasteiger partial charge on any atom is -0.448 e. The molecule has 1 heterocycles. The predicted molar refractivity (Wildman–Crippen MR) is 106 cm³/mol. The van der Waals surface area contributed by atoms with E-state index in [-0.39, 0.29) is 24.7 Å². The maximum absolute atomic E-state index is 12.8. The van der Waals surface area contributed by atoms with Crippen LogP contribution in [0.4, 0.5) is 4.79 Å². The Balaban J connectivity index is 1.51. The highest BCUT2D eigenvalue weighted by Crippen LogP contribution is 2.44. The summed E-state index contributed by atoms with van der Waals surface area (Å²) in [6.45, 7) is 3.32. The van der Waals surface area contributed by atoms with Gasteiger partial charge in [0.2, 0.25) is 0 Å². The average Bonchev–Trinajstić information content (AvgIpc) is 3.02. The maximum Gasteiger partial charge on any atom is 0.410 e. The lowest BCUT2D eigenvalue weighted by atomic mass is 9.89. The van der Waals surface area contributed by atoms with Crippen molar-refractivity contribution in [2.75, 3.05) is 19.8 Å². The number of piperidine rings is 1. The van der Waals surface area contributed by atoms with E-state index in [0.29, 0.717) is 25.5 Å². The summed E-state index contributed by atoms with van der Waals surface area (Å²) in [5, 5.41) is 9.38. The molecule has 0 bridgehead atoms. The number of amides is 1. The number of likely N-dealkylation sites (tertiary alicyclic amines) is 1. The topological polar surface area (TPSA) is 49.8 Å². The van der Waals surface area contributed by atoms with E-state index in [9.17, 15) is 9.90 Å². The van der Waals surface area contributed by atoms with Crippen LogP contribution in [0.5, 0.6) is 0 Å². The minimum atomic E-state index is -0.248. The van der Waals surface area contributed by atoms with Crippen LogP contribution in [0.2, 0.25) is 0 Å². The van der Waals surface area contributed by atoms with Crippen LogP contribution in [0.1, 0.15) is 43.2 Å². The van der Waals surface area contributed by atoms with Gasteiger partial charge in [-0.25, -0.2) is 4.79 Å². The van der Waals surface area contributed by atoms with E-state index >= 15 is 0 Å². The molecule has 1 saturated heterocycles. The van der Waals surface area contributed by atoms with Crippen molar-refractivity contribution in [3.8, 4) is 11.1 Å². The zero-order chi connectivity index (χ0) is 18.8. The molecule has 1 amide bonds. The highest BCUT2D eigenvalue weighted by Gasteiger charge is 2.34. The Hall–Kier alpha value is -2.33. The molecular formula is C23H27NO3. The third kappa shape index (κ3) is 3.34. The Morgan fingerprint density at radius 2 is 1.74 bits per heavy atom. The normalized spacial score (nSPS) is 21.6. The molecule has 1 N–H and O–H groups in total. The van der Waals surface area contributed by atoms with Crippen LogP contribution in [-0.4, -0.2) is 41.9 Å². The molecule has 27 heavy (non-hydrogen) atoms. The van der Waals surface area contributed by atoms with Gasteiger partial charge < -0.3 is 14.7 Å². The lowest BCUT2D eigenvalue weighted by molar-refractivity contribution is 0.0459. The Kier molecular flexibility index (Phi) is 5.17. The number of carbonyl (C=O) groups is 1. The van der Waals surface area contributed by atoms with Crippen molar-refractivity contribution in [1.29, 1.82) is 0 Å². The largest absolute Gasteiger partial charge is 0.448 e. The molecule has 2 aromatic rings. The molecule has 0 spiro atoms. The van der Waals surface area contributed by atoms with Gasteiger partial charge in [0.1, 0.15) is 6.61 Å². The SMILES string of the molecule is CC1CCCN(C(=O)OCC2c3ccccc3-c3ccccc32)C1CCO. The lowest BCUT2D eigenvalue weighted by Gasteiger charge is -2.39. The fraction of sp³-hybridized carbons (Fsp3) is 0.435. The van der Waals surface area contributed by atoms with E-state index in [1.165, 1.54) is 22.3 Å². The number of aliphatic hydroxyl groups excluding tert-OH is 1. The van der Waals surface area contributed by atoms with Crippen LogP contribution in [0.15, 0.2) is 48.5 Å². The average molecular weight is 365 g/mol. The van der Waals surface area contributed by atoms with Gasteiger partial charge in [-0.05, 0) is 47.4 Å². The van der Waals surface area contributed by atoms with E-state index < -0.39 is 0 Å². The number of hydrogen-bond donors (Lipinski definition) is 1. The second kappa shape index (κ2) is 7.73. The second-order valence-corrected chi connectivity index (χ2v) is 7.70. The van der Waals surface area contributed by atoms with Crippen LogP contribution in [-0.2, 0) is 4.74 Å². The van der Waals surface area contributed by atoms with Crippen LogP contribution in [0, 0.1) is 5.92 Å². The first-order chi connectivity index (χ1) is 13.2. The smallest absolute Gasteiger partial charge is 0.410 e. The molecule has 142 valence electrons. The molecule has 2 atom stereocenters. The molecular weight excluding hydrogens is 338 g/mol. The van der Waals surface area contributed by atoms with Crippen LogP contribution in [0.25, 0.3) is 11.1 Å². The van der Waals surface area contributed by atoms with Crippen molar-refractivity contribution in [2.45, 2.75) is 38.1 Å². The maximum atomic E-state index is 12.8. The number of nitrogens with zero attached hydrogens (tertiary/aromatic N) is 1. The molecule has 1 aliphatic carbocycles. The van der Waals surface area contributed by atoms with Gasteiger partial charge in [0.05, 0.1) is 0 Å². The van der Waals surface area contributed by atoms with Crippen molar-refractivity contribution in [2.24, 2.45) is 5.92 Å². The molecule has 4 nitrogen and oxygen atoms in total. The Morgan fingerprint density at radius 3 is 2.37 bits per heavy atom. The molecule has 0 radical (unpaired) electrons. The Morgan fingerprint density at radius 1 is 1.11 bits per heavy atom. The first-order valence-electron chi connectivity index (χ1n) is 9.93. The van der Waals surface area contributed by atoms with Crippen molar-refractivity contribution in [1.82, 2.24) is 4.90 Å². The molecule has 0 saturated carbocycles. The van der Waals surface area contributed by atoms with Gasteiger partial charge in [0.15, 0.2) is 0 Å². The molecule has 0 aromatic heterocycles. The molecule has 4 rings (SSSR count). The molecule has 4 heteroatoms. The standard InChI is InChI=1S/C23H27NO3/c1-16-7-6-13-24(22(16)12-14-25)23(26)27-15-21-19-10-4-2-8-17(19)18-9-3-5-11-20(18)21/h2-5,8-11,16,21-22,25H,6-7,12-15H2,1H3. The van der Waals surface area contributed by atoms with E-state index in [1.807, 2.05) is 17.0 Å². The van der Waals surface area contributed by atoms with Crippen molar-refractivity contribution in [3.05, 3.63) is 59.7 Å². The molecule has 2 aliphatic rings. The summed E-state index contributed by atoms with van der Waals surface area (Å²) in [5.74, 6) is 0.478. The summed E-state index contributed by atoms with van der Waals surface area (Å²) in [4.78, 5) is 14.7. The van der Waals surface area contributed by atoms with Crippen molar-refractivity contribution >= 4 is 6.09 Å². The highest BCUT2D eigenvalue weighted by atomic mass is 16.6. The molecule has 1 aliphatic heterocycles. The third-order valence-corrected chi connectivity index (χ3v) is 6.11. The Labute approximate surface area is 160 Å².